The van der Waals surface area contributed by atoms with E-state index in [0.29, 0.717) is 12.2 Å². The van der Waals surface area contributed by atoms with Crippen molar-refractivity contribution in [2.75, 3.05) is 44.7 Å². The van der Waals surface area contributed by atoms with E-state index in [2.05, 4.69) is 10.3 Å². The number of hydrogen-bond donors (Lipinski definition) is 3. The van der Waals surface area contributed by atoms with Crippen molar-refractivity contribution >= 4 is 28.7 Å². The van der Waals surface area contributed by atoms with Crippen molar-refractivity contribution in [3.8, 4) is 0 Å². The normalized spacial score (nSPS) is 19.0. The van der Waals surface area contributed by atoms with E-state index >= 15 is 0 Å². The number of aliphatic hydroxyl groups is 2. The number of allylic oxidation sites excluding steroid dienone is 2. The minimum atomic E-state index is -0.696. The number of carbonyl (C=O) groups excluding carboxylic acids is 2. The largest absolute Gasteiger partial charge is 0.633 e. The number of hydroxylamine groups is 3. The van der Waals surface area contributed by atoms with Gasteiger partial charge in [0, 0.05) is 5.69 Å². The summed E-state index contributed by atoms with van der Waals surface area (Å²) >= 11 is 0. The monoisotopic (exact) mass is 375 g/mol. The van der Waals surface area contributed by atoms with Gasteiger partial charge in [0.1, 0.15) is 18.8 Å². The number of quaternary nitrogens is 1. The molecule has 8 nitrogen and oxygen atoms in total. The molecule has 1 aromatic carbocycles. The molecule has 8 heteroatoms. The van der Waals surface area contributed by atoms with Gasteiger partial charge < -0.3 is 25.4 Å². The first kappa shape index (κ1) is 20.9. The lowest BCUT2D eigenvalue weighted by Gasteiger charge is -2.42. The van der Waals surface area contributed by atoms with Crippen LogP contribution in [0.1, 0.15) is 6.92 Å². The molecule has 2 rings (SSSR count). The van der Waals surface area contributed by atoms with Crippen LogP contribution in [0.4, 0.5) is 11.4 Å². The predicted octanol–water partition coefficient (Wildman–Crippen LogP) is 0.814. The molecular formula is C19H25N3O5. The molecule has 146 valence electrons. The van der Waals surface area contributed by atoms with E-state index in [1.165, 1.54) is 12.2 Å². The number of benzene rings is 1. The second-order valence-corrected chi connectivity index (χ2v) is 6.47. The van der Waals surface area contributed by atoms with Gasteiger partial charge in [-0.15, -0.1) is 0 Å². The molecule has 1 atom stereocenters. The molecule has 0 spiro atoms. The van der Waals surface area contributed by atoms with Gasteiger partial charge in [0.2, 0.25) is 0 Å². The maximum atomic E-state index is 12.3. The van der Waals surface area contributed by atoms with Crippen molar-refractivity contribution in [1.82, 2.24) is 0 Å². The average Bonchev–Trinajstić information content (AvgIpc) is 2.64. The quantitative estimate of drug-likeness (QED) is 0.334. The first-order chi connectivity index (χ1) is 12.9. The Morgan fingerprint density at radius 1 is 1.07 bits per heavy atom. The molecular weight excluding hydrogens is 350 g/mol. The minimum Gasteiger partial charge on any atom is -0.633 e. The Morgan fingerprint density at radius 2 is 1.70 bits per heavy atom. The summed E-state index contributed by atoms with van der Waals surface area (Å²) in [6.45, 7) is 1.81. The Bertz CT molecular complexity index is 721. The van der Waals surface area contributed by atoms with Crippen molar-refractivity contribution in [2.45, 2.75) is 6.92 Å². The first-order valence-corrected chi connectivity index (χ1v) is 8.86. The van der Waals surface area contributed by atoms with Gasteiger partial charge in [0.05, 0.1) is 37.9 Å². The van der Waals surface area contributed by atoms with Crippen LogP contribution in [-0.2, 0) is 9.59 Å². The lowest BCUT2D eigenvalue weighted by Crippen LogP contribution is -2.49. The number of aliphatic imine (C=N–C) groups is 1. The lowest BCUT2D eigenvalue weighted by molar-refractivity contribution is -0.879. The van der Waals surface area contributed by atoms with E-state index in [1.54, 1.807) is 31.2 Å². The third-order valence-corrected chi connectivity index (χ3v) is 4.46. The van der Waals surface area contributed by atoms with E-state index in [1.807, 2.05) is 0 Å². The summed E-state index contributed by atoms with van der Waals surface area (Å²) in [6.07, 6.45) is 2.80. The number of rotatable bonds is 9. The van der Waals surface area contributed by atoms with Gasteiger partial charge >= 0.3 is 0 Å². The Kier molecular flexibility index (Phi) is 7.37. The van der Waals surface area contributed by atoms with Crippen LogP contribution in [0.15, 0.2) is 41.4 Å². The highest BCUT2D eigenvalue weighted by Crippen LogP contribution is 2.19. The van der Waals surface area contributed by atoms with Crippen LogP contribution < -0.4 is 5.32 Å². The molecule has 0 bridgehead atoms. The molecule has 0 saturated heterocycles. The fourth-order valence-corrected chi connectivity index (χ4v) is 2.73. The fraction of sp³-hybridized carbons (Fsp3) is 0.421. The van der Waals surface area contributed by atoms with Gasteiger partial charge in [-0.25, -0.2) is 4.99 Å². The average molecular weight is 375 g/mol. The topological polar surface area (TPSA) is 122 Å². The van der Waals surface area contributed by atoms with Crippen LogP contribution in [-0.4, -0.2) is 71.5 Å². The standard InChI is InChI=1S/C19H25N3O5/c1-14-18(25)7-6-17(19(14)26)21-16-4-2-15(3-5-16)20-8-9-22(27,10-12-23)11-13-24/h2-7,14,20,23-24H,8-13H2,1H3. The van der Waals surface area contributed by atoms with Crippen LogP contribution in [0, 0.1) is 11.1 Å². The van der Waals surface area contributed by atoms with E-state index in [4.69, 9.17) is 10.2 Å². The number of nitrogens with zero attached hydrogens (tertiary/aromatic N) is 2. The Hall–Kier alpha value is -2.39. The highest BCUT2D eigenvalue weighted by molar-refractivity contribution is 6.50. The molecule has 1 aliphatic carbocycles. The molecule has 0 saturated carbocycles. The molecule has 27 heavy (non-hydrogen) atoms. The summed E-state index contributed by atoms with van der Waals surface area (Å²) in [7, 11) is 0. The summed E-state index contributed by atoms with van der Waals surface area (Å²) in [5.41, 5.74) is 1.63. The predicted molar refractivity (Wildman–Crippen MR) is 103 cm³/mol. The Balaban J connectivity index is 1.96. The van der Waals surface area contributed by atoms with Crippen LogP contribution in [0.5, 0.6) is 0 Å². The molecule has 1 unspecified atom stereocenters. The van der Waals surface area contributed by atoms with Gasteiger partial charge in [-0.2, -0.15) is 0 Å². The Labute approximate surface area is 158 Å². The zero-order valence-electron chi connectivity index (χ0n) is 15.3. The maximum absolute atomic E-state index is 12.3. The molecule has 0 heterocycles. The molecule has 0 radical (unpaired) electrons. The SMILES string of the molecule is CC1C(=O)C=CC(=Nc2ccc(NCC[N+]([O-])(CCO)CCO)cc2)C1=O. The third-order valence-electron chi connectivity index (χ3n) is 4.46. The summed E-state index contributed by atoms with van der Waals surface area (Å²) < 4.78 is -0.656. The van der Waals surface area contributed by atoms with E-state index in [0.717, 1.165) is 5.69 Å². The van der Waals surface area contributed by atoms with Crippen LogP contribution in [0.3, 0.4) is 0 Å². The second kappa shape index (κ2) is 9.52. The maximum Gasteiger partial charge on any atom is 0.191 e. The lowest BCUT2D eigenvalue weighted by atomic mass is 9.92. The number of Topliss-reactive ketones (excluding diaryl/α,β-unsaturated/α-hetero) is 1. The van der Waals surface area contributed by atoms with Crippen LogP contribution in [0.25, 0.3) is 0 Å². The molecule has 1 aromatic rings. The minimum absolute atomic E-state index is 0.0428. The van der Waals surface area contributed by atoms with Gasteiger partial charge in [0.15, 0.2) is 11.6 Å². The number of hydrogen-bond acceptors (Lipinski definition) is 7. The number of aliphatic hydroxyl groups excluding tert-OH is 2. The first-order valence-electron chi connectivity index (χ1n) is 8.86. The molecule has 3 N–H and O–H groups in total. The molecule has 1 aliphatic rings. The van der Waals surface area contributed by atoms with E-state index in [-0.39, 0.29) is 50.1 Å². The van der Waals surface area contributed by atoms with Crippen molar-refractivity contribution < 1.29 is 24.4 Å². The van der Waals surface area contributed by atoms with Crippen LogP contribution in [0.2, 0.25) is 0 Å². The van der Waals surface area contributed by atoms with E-state index < -0.39 is 10.6 Å². The van der Waals surface area contributed by atoms with Gasteiger partial charge in [-0.3, -0.25) is 9.59 Å². The second-order valence-electron chi connectivity index (χ2n) is 6.47. The Morgan fingerprint density at radius 3 is 2.30 bits per heavy atom. The number of anilines is 1. The zero-order chi connectivity index (χ0) is 19.9. The zero-order valence-corrected chi connectivity index (χ0v) is 15.3. The fourth-order valence-electron chi connectivity index (χ4n) is 2.73. The van der Waals surface area contributed by atoms with Crippen molar-refractivity contribution in [2.24, 2.45) is 10.9 Å². The molecule has 0 fully saturated rings. The van der Waals surface area contributed by atoms with Crippen molar-refractivity contribution in [3.05, 3.63) is 41.6 Å². The summed E-state index contributed by atoms with van der Waals surface area (Å²) in [5, 5.41) is 33.4. The van der Waals surface area contributed by atoms with Crippen molar-refractivity contribution in [3.63, 3.8) is 0 Å². The van der Waals surface area contributed by atoms with Crippen LogP contribution >= 0.6 is 0 Å². The smallest absolute Gasteiger partial charge is 0.191 e. The summed E-state index contributed by atoms with van der Waals surface area (Å²) in [5.74, 6) is -1.20. The third kappa shape index (κ3) is 5.80. The number of ketones is 2. The van der Waals surface area contributed by atoms with E-state index in [9.17, 15) is 14.8 Å². The van der Waals surface area contributed by atoms with Gasteiger partial charge in [-0.1, -0.05) is 0 Å². The highest BCUT2D eigenvalue weighted by Gasteiger charge is 2.26. The van der Waals surface area contributed by atoms with Crippen molar-refractivity contribution in [1.29, 1.82) is 0 Å². The summed E-state index contributed by atoms with van der Waals surface area (Å²) in [4.78, 5) is 27.8. The summed E-state index contributed by atoms with van der Waals surface area (Å²) in [6, 6.07) is 7.03. The number of nitrogens with one attached hydrogen (secondary N) is 1. The molecule has 0 aromatic heterocycles. The number of carbonyl (C=O) groups is 2. The van der Waals surface area contributed by atoms with Gasteiger partial charge in [-0.05, 0) is 43.3 Å². The molecule has 0 amide bonds. The highest BCUT2D eigenvalue weighted by atomic mass is 16.5. The van der Waals surface area contributed by atoms with Gasteiger partial charge in [0.25, 0.3) is 0 Å². The molecule has 0 aliphatic heterocycles.